The first-order valence-electron chi connectivity index (χ1n) is 7.30. The van der Waals surface area contributed by atoms with E-state index in [1.807, 2.05) is 36.4 Å². The van der Waals surface area contributed by atoms with Crippen LogP contribution in [0.4, 0.5) is 0 Å². The zero-order chi connectivity index (χ0) is 16.8. The van der Waals surface area contributed by atoms with Gasteiger partial charge in [0.25, 0.3) is 0 Å². The molecular weight excluding hydrogens is 294 g/mol. The normalized spacial score (nSPS) is 11.7. The average Bonchev–Trinajstić information content (AvgIpc) is 2.60. The molecule has 0 spiro atoms. The van der Waals surface area contributed by atoms with Crippen LogP contribution in [0.2, 0.25) is 0 Å². The molecule has 2 aromatic carbocycles. The Morgan fingerprint density at radius 3 is 1.48 bits per heavy atom. The molecule has 2 aromatic rings. The Balaban J connectivity index is 2.26. The standard InChI is InChI=1S/C18H23NO4/c1-20-14-5-12(6-15(10-14)21-2)7-18(19)13-8-16(22-3)11-17(9-13)23-4/h5-6,8-11,18H,7,19H2,1-4H3/t18-/m1/s1. The van der Waals surface area contributed by atoms with Crippen LogP contribution in [0.3, 0.4) is 0 Å². The van der Waals surface area contributed by atoms with Crippen molar-refractivity contribution in [2.75, 3.05) is 28.4 Å². The highest BCUT2D eigenvalue weighted by Gasteiger charge is 2.12. The van der Waals surface area contributed by atoms with Gasteiger partial charge >= 0.3 is 0 Å². The van der Waals surface area contributed by atoms with Crippen molar-refractivity contribution in [3.63, 3.8) is 0 Å². The molecule has 0 saturated carbocycles. The van der Waals surface area contributed by atoms with Crippen LogP contribution >= 0.6 is 0 Å². The van der Waals surface area contributed by atoms with E-state index in [-0.39, 0.29) is 6.04 Å². The van der Waals surface area contributed by atoms with E-state index in [1.54, 1.807) is 28.4 Å². The van der Waals surface area contributed by atoms with Gasteiger partial charge in [0.1, 0.15) is 23.0 Å². The van der Waals surface area contributed by atoms with Crippen LogP contribution in [0.15, 0.2) is 36.4 Å². The van der Waals surface area contributed by atoms with Gasteiger partial charge < -0.3 is 24.7 Å². The van der Waals surface area contributed by atoms with Gasteiger partial charge in [-0.2, -0.15) is 0 Å². The summed E-state index contributed by atoms with van der Waals surface area (Å²) >= 11 is 0. The van der Waals surface area contributed by atoms with Crippen LogP contribution in [-0.4, -0.2) is 28.4 Å². The largest absolute Gasteiger partial charge is 0.497 e. The van der Waals surface area contributed by atoms with Crippen LogP contribution in [0.25, 0.3) is 0 Å². The maximum absolute atomic E-state index is 6.36. The molecule has 0 aliphatic carbocycles. The molecule has 0 fully saturated rings. The molecule has 0 aliphatic rings. The van der Waals surface area contributed by atoms with Gasteiger partial charge in [-0.1, -0.05) is 0 Å². The minimum absolute atomic E-state index is 0.198. The lowest BCUT2D eigenvalue weighted by atomic mass is 9.99. The van der Waals surface area contributed by atoms with Gasteiger partial charge in [0.05, 0.1) is 28.4 Å². The zero-order valence-corrected chi connectivity index (χ0v) is 14.0. The average molecular weight is 317 g/mol. The Morgan fingerprint density at radius 2 is 1.09 bits per heavy atom. The van der Waals surface area contributed by atoms with E-state index in [2.05, 4.69) is 0 Å². The summed E-state index contributed by atoms with van der Waals surface area (Å²) in [6.07, 6.45) is 0.643. The molecule has 23 heavy (non-hydrogen) atoms. The van der Waals surface area contributed by atoms with Gasteiger partial charge in [0.2, 0.25) is 0 Å². The Morgan fingerprint density at radius 1 is 0.696 bits per heavy atom. The summed E-state index contributed by atoms with van der Waals surface area (Å²) in [7, 11) is 6.50. The van der Waals surface area contributed by atoms with Gasteiger partial charge in [-0.15, -0.1) is 0 Å². The number of ether oxygens (including phenoxy) is 4. The van der Waals surface area contributed by atoms with Gasteiger partial charge in [-0.25, -0.2) is 0 Å². The maximum atomic E-state index is 6.36. The second kappa shape index (κ2) is 7.74. The fourth-order valence-corrected chi connectivity index (χ4v) is 2.40. The molecule has 0 radical (unpaired) electrons. The molecule has 2 N–H and O–H groups in total. The predicted octanol–water partition coefficient (Wildman–Crippen LogP) is 2.96. The molecule has 2 rings (SSSR count). The Labute approximate surface area is 136 Å². The highest BCUT2D eigenvalue weighted by molar-refractivity contribution is 5.42. The molecule has 124 valence electrons. The molecule has 0 aromatic heterocycles. The smallest absolute Gasteiger partial charge is 0.122 e. The van der Waals surface area contributed by atoms with Crippen molar-refractivity contribution in [2.24, 2.45) is 5.73 Å². The molecule has 5 heteroatoms. The minimum atomic E-state index is -0.198. The maximum Gasteiger partial charge on any atom is 0.122 e. The van der Waals surface area contributed by atoms with Crippen molar-refractivity contribution < 1.29 is 18.9 Å². The Hall–Kier alpha value is -2.40. The SMILES string of the molecule is COc1cc(C[C@@H](N)c2cc(OC)cc(OC)c2)cc(OC)c1. The third-order valence-corrected chi connectivity index (χ3v) is 3.67. The number of rotatable bonds is 7. The lowest BCUT2D eigenvalue weighted by Crippen LogP contribution is -2.13. The van der Waals surface area contributed by atoms with Gasteiger partial charge in [0.15, 0.2) is 0 Å². The van der Waals surface area contributed by atoms with Crippen molar-refractivity contribution in [3.05, 3.63) is 47.5 Å². The molecule has 0 heterocycles. The van der Waals surface area contributed by atoms with E-state index in [0.29, 0.717) is 6.42 Å². The lowest BCUT2D eigenvalue weighted by Gasteiger charge is -2.16. The Kier molecular flexibility index (Phi) is 5.71. The van der Waals surface area contributed by atoms with Gasteiger partial charge in [-0.05, 0) is 41.8 Å². The van der Waals surface area contributed by atoms with E-state index in [0.717, 1.165) is 34.1 Å². The molecule has 0 aliphatic heterocycles. The Bertz CT molecular complexity index is 613. The summed E-state index contributed by atoms with van der Waals surface area (Å²) in [5.74, 6) is 2.93. The van der Waals surface area contributed by atoms with Gasteiger partial charge in [0, 0.05) is 18.2 Å². The first-order chi connectivity index (χ1) is 11.1. The van der Waals surface area contributed by atoms with E-state index >= 15 is 0 Å². The highest BCUT2D eigenvalue weighted by Crippen LogP contribution is 2.29. The van der Waals surface area contributed by atoms with Crippen molar-refractivity contribution in [3.8, 4) is 23.0 Å². The summed E-state index contributed by atoms with van der Waals surface area (Å²) < 4.78 is 21.2. The molecular formula is C18H23NO4. The van der Waals surface area contributed by atoms with Crippen molar-refractivity contribution in [1.82, 2.24) is 0 Å². The fraction of sp³-hybridized carbons (Fsp3) is 0.333. The number of methoxy groups -OCH3 is 4. The van der Waals surface area contributed by atoms with Crippen LogP contribution in [0.5, 0.6) is 23.0 Å². The molecule has 1 atom stereocenters. The number of nitrogens with two attached hydrogens (primary N) is 1. The third-order valence-electron chi connectivity index (χ3n) is 3.67. The number of benzene rings is 2. The van der Waals surface area contributed by atoms with Crippen molar-refractivity contribution in [1.29, 1.82) is 0 Å². The van der Waals surface area contributed by atoms with Crippen LogP contribution < -0.4 is 24.7 Å². The number of hydrogen-bond acceptors (Lipinski definition) is 5. The minimum Gasteiger partial charge on any atom is -0.497 e. The molecule has 0 amide bonds. The molecule has 0 unspecified atom stereocenters. The summed E-state index contributed by atoms with van der Waals surface area (Å²) in [5.41, 5.74) is 8.35. The quantitative estimate of drug-likeness (QED) is 0.850. The van der Waals surface area contributed by atoms with Crippen LogP contribution in [-0.2, 0) is 6.42 Å². The fourth-order valence-electron chi connectivity index (χ4n) is 2.40. The zero-order valence-electron chi connectivity index (χ0n) is 14.0. The number of hydrogen-bond donors (Lipinski definition) is 1. The topological polar surface area (TPSA) is 62.9 Å². The van der Waals surface area contributed by atoms with E-state index < -0.39 is 0 Å². The predicted molar refractivity (Wildman–Crippen MR) is 89.7 cm³/mol. The van der Waals surface area contributed by atoms with Crippen LogP contribution in [0.1, 0.15) is 17.2 Å². The molecule has 0 bridgehead atoms. The second-order valence-electron chi connectivity index (χ2n) is 5.18. The monoisotopic (exact) mass is 317 g/mol. The summed E-state index contributed by atoms with van der Waals surface area (Å²) in [5, 5.41) is 0. The highest BCUT2D eigenvalue weighted by atomic mass is 16.5. The van der Waals surface area contributed by atoms with E-state index in [1.165, 1.54) is 0 Å². The van der Waals surface area contributed by atoms with Crippen molar-refractivity contribution in [2.45, 2.75) is 12.5 Å². The summed E-state index contributed by atoms with van der Waals surface area (Å²) in [4.78, 5) is 0. The van der Waals surface area contributed by atoms with Crippen LogP contribution in [0, 0.1) is 0 Å². The summed E-state index contributed by atoms with van der Waals surface area (Å²) in [6, 6.07) is 11.2. The first kappa shape index (κ1) is 17.0. The first-order valence-corrected chi connectivity index (χ1v) is 7.30. The lowest BCUT2D eigenvalue weighted by molar-refractivity contribution is 0.391. The molecule has 0 saturated heterocycles. The molecule has 5 nitrogen and oxygen atoms in total. The third kappa shape index (κ3) is 4.29. The van der Waals surface area contributed by atoms with E-state index in [4.69, 9.17) is 24.7 Å². The second-order valence-corrected chi connectivity index (χ2v) is 5.18. The van der Waals surface area contributed by atoms with E-state index in [9.17, 15) is 0 Å². The van der Waals surface area contributed by atoms with Gasteiger partial charge in [-0.3, -0.25) is 0 Å². The summed E-state index contributed by atoms with van der Waals surface area (Å²) in [6.45, 7) is 0. The van der Waals surface area contributed by atoms with Crippen molar-refractivity contribution >= 4 is 0 Å².